The van der Waals surface area contributed by atoms with Gasteiger partial charge in [0, 0.05) is 89.8 Å². The summed E-state index contributed by atoms with van der Waals surface area (Å²) < 4.78 is 125. The number of fused-ring (bicyclic) bond motifs is 2. The lowest BCUT2D eigenvalue weighted by Gasteiger charge is -2.24. The number of benzene rings is 2. The number of ether oxygens (including phenoxy) is 2. The number of imidazole rings is 2. The summed E-state index contributed by atoms with van der Waals surface area (Å²) in [4.78, 5) is 31.1. The van der Waals surface area contributed by atoms with Crippen molar-refractivity contribution < 1.29 is 53.5 Å². The van der Waals surface area contributed by atoms with Crippen LogP contribution in [0.5, 0.6) is 0 Å². The summed E-state index contributed by atoms with van der Waals surface area (Å²) in [5, 5.41) is 2.82. The van der Waals surface area contributed by atoms with Crippen molar-refractivity contribution in [3.63, 3.8) is 0 Å². The van der Waals surface area contributed by atoms with Gasteiger partial charge in [-0.1, -0.05) is 0 Å². The summed E-state index contributed by atoms with van der Waals surface area (Å²) in [6.07, 6.45) is 10.5. The maximum Gasteiger partial charge on any atom is 0.302 e. The summed E-state index contributed by atoms with van der Waals surface area (Å²) in [6.45, 7) is 4.68. The Morgan fingerprint density at radius 2 is 1.16 bits per heavy atom. The van der Waals surface area contributed by atoms with E-state index < -0.39 is 31.9 Å². The van der Waals surface area contributed by atoms with Crippen molar-refractivity contribution >= 4 is 54.3 Å². The van der Waals surface area contributed by atoms with Gasteiger partial charge in [-0.3, -0.25) is 9.59 Å². The zero-order valence-corrected chi connectivity index (χ0v) is 36.6. The predicted octanol–water partition coefficient (Wildman–Crippen LogP) is 6.93. The summed E-state index contributed by atoms with van der Waals surface area (Å²) in [6, 6.07) is 11.4. The second-order valence-corrected chi connectivity index (χ2v) is 20.3. The van der Waals surface area contributed by atoms with Crippen LogP contribution in [0.1, 0.15) is 84.7 Å². The highest BCUT2D eigenvalue weighted by molar-refractivity contribution is 7.90. The molecule has 0 radical (unpaired) electrons. The predicted molar refractivity (Wildman–Crippen MR) is 226 cm³/mol. The molecular formula is C43H47F4N7O8S2. The molecule has 15 nitrogen and oxygen atoms in total. The number of hydrogen-bond acceptors (Lipinski definition) is 10. The van der Waals surface area contributed by atoms with E-state index in [0.717, 1.165) is 60.3 Å². The number of rotatable bonds is 13. The maximum absolute atomic E-state index is 14.4. The van der Waals surface area contributed by atoms with Crippen LogP contribution in [0.3, 0.4) is 0 Å². The molecule has 342 valence electrons. The number of nitrogens with zero attached hydrogens (tertiary/aromatic N) is 6. The molecule has 2 aromatic carbocycles. The van der Waals surface area contributed by atoms with E-state index in [4.69, 9.17) is 9.47 Å². The molecule has 21 heteroatoms. The molecule has 0 atom stereocenters. The highest BCUT2D eigenvalue weighted by Crippen LogP contribution is 2.35. The van der Waals surface area contributed by atoms with Crippen molar-refractivity contribution in [1.82, 2.24) is 32.4 Å². The van der Waals surface area contributed by atoms with Crippen LogP contribution in [-0.4, -0.2) is 88.5 Å². The highest BCUT2D eigenvalue weighted by Gasteiger charge is 2.35. The minimum absolute atomic E-state index is 0.0913. The number of aromatic nitrogens is 6. The van der Waals surface area contributed by atoms with E-state index in [-0.39, 0.29) is 67.4 Å². The molecule has 1 aliphatic carbocycles. The Labute approximate surface area is 366 Å². The molecule has 1 amide bonds. The second kappa shape index (κ2) is 17.5. The first-order valence-corrected chi connectivity index (χ1v) is 23.8. The number of alkyl halides is 4. The molecule has 0 bridgehead atoms. The van der Waals surface area contributed by atoms with E-state index in [2.05, 4.69) is 15.3 Å². The monoisotopic (exact) mass is 929 g/mol. The molecule has 6 heterocycles. The molecule has 0 unspecified atom stereocenters. The molecule has 1 saturated carbocycles. The number of amides is 1. The molecule has 2 saturated heterocycles. The van der Waals surface area contributed by atoms with Gasteiger partial charge in [0.05, 0.1) is 37.4 Å². The van der Waals surface area contributed by atoms with Crippen LogP contribution < -0.4 is 5.32 Å². The lowest BCUT2D eigenvalue weighted by Crippen LogP contribution is -2.25. The Bertz CT molecular complexity index is 2920. The van der Waals surface area contributed by atoms with Gasteiger partial charge in [0.2, 0.25) is 0 Å². The molecule has 6 aromatic rings. The maximum atomic E-state index is 14.4. The number of aldehydes is 1. The quantitative estimate of drug-likeness (QED) is 0.0944. The summed E-state index contributed by atoms with van der Waals surface area (Å²) in [7, 11) is -8.02. The van der Waals surface area contributed by atoms with Crippen molar-refractivity contribution in [3.05, 3.63) is 96.1 Å². The Balaban J connectivity index is 0.000000176. The average molecular weight is 930 g/mol. The molecular weight excluding hydrogens is 883 g/mol. The minimum atomic E-state index is -4.04. The van der Waals surface area contributed by atoms with Gasteiger partial charge >= 0.3 is 11.8 Å². The van der Waals surface area contributed by atoms with Gasteiger partial charge in [-0.2, -0.15) is 17.6 Å². The van der Waals surface area contributed by atoms with Gasteiger partial charge < -0.3 is 23.9 Å². The van der Waals surface area contributed by atoms with Crippen molar-refractivity contribution in [2.75, 3.05) is 26.4 Å². The SMILES string of the molecule is CC(F)(F)c1nc2cc(S(=O)(=O)n3ccc(C(=O)NC4CC4)c3)ccc2n1CC1CCOCC1.CC(F)(F)c1nc2cc(S(=O)(=O)n3ccc(C=O)c3)ccc2n1CC1CCOCC1. The van der Waals surface area contributed by atoms with Crippen LogP contribution in [-0.2, 0) is 54.5 Å². The van der Waals surface area contributed by atoms with Crippen molar-refractivity contribution in [3.8, 4) is 0 Å². The second-order valence-electron chi connectivity index (χ2n) is 16.7. The smallest absolute Gasteiger partial charge is 0.302 e. The van der Waals surface area contributed by atoms with Crippen LogP contribution in [0.25, 0.3) is 22.1 Å². The average Bonchev–Trinajstić information content (AvgIpc) is 3.66. The highest BCUT2D eigenvalue weighted by atomic mass is 32.2. The van der Waals surface area contributed by atoms with E-state index in [1.165, 1.54) is 82.5 Å². The molecule has 3 aliphatic rings. The van der Waals surface area contributed by atoms with E-state index >= 15 is 0 Å². The van der Waals surface area contributed by atoms with E-state index in [1.54, 1.807) is 0 Å². The Hall–Kier alpha value is -5.38. The summed E-state index contributed by atoms with van der Waals surface area (Å²) in [5.74, 6) is -7.10. The number of carbonyl (C=O) groups excluding carboxylic acids is 2. The van der Waals surface area contributed by atoms with Gasteiger partial charge in [0.25, 0.3) is 26.0 Å². The minimum Gasteiger partial charge on any atom is -0.381 e. The molecule has 2 aliphatic heterocycles. The first kappa shape index (κ1) is 45.2. The van der Waals surface area contributed by atoms with Crippen LogP contribution in [0, 0.1) is 11.8 Å². The zero-order valence-electron chi connectivity index (χ0n) is 35.0. The molecule has 3 fully saturated rings. The first-order chi connectivity index (χ1) is 30.3. The Morgan fingerprint density at radius 1 is 0.703 bits per heavy atom. The number of carbonyl (C=O) groups is 2. The molecule has 0 spiro atoms. The largest absolute Gasteiger partial charge is 0.381 e. The van der Waals surface area contributed by atoms with Crippen molar-refractivity contribution in [2.45, 2.75) is 93.1 Å². The first-order valence-electron chi connectivity index (χ1n) is 20.9. The van der Waals surface area contributed by atoms with Crippen LogP contribution >= 0.6 is 0 Å². The third-order valence-electron chi connectivity index (χ3n) is 11.6. The molecule has 4 aromatic heterocycles. The standard InChI is InChI=1S/C23H26F2N4O4S.C20H21F2N3O4S/c1-23(24,25)22-27-19-12-18(4-5-20(19)29(22)13-15-7-10-33-11-8-15)34(31,32)28-9-6-16(14-28)21(30)26-17-2-3-17;1-20(21,22)19-23-17-10-16(30(27,28)24-7-4-15(11-24)13-26)2-3-18(17)25(19)12-14-5-8-29-9-6-14/h4-6,9,12,14-15,17H,2-3,7-8,10-11,13H2,1H3,(H,26,30);2-4,7,10-11,13-14H,5-6,8-9,12H2,1H3. The van der Waals surface area contributed by atoms with Gasteiger partial charge in [0.1, 0.15) is 0 Å². The fraction of sp³-hybridized carbons (Fsp3) is 0.442. The van der Waals surface area contributed by atoms with Crippen LogP contribution in [0.4, 0.5) is 17.6 Å². The summed E-state index contributed by atoms with van der Waals surface area (Å²) >= 11 is 0. The number of nitrogens with one attached hydrogen (secondary N) is 1. The van der Waals surface area contributed by atoms with E-state index in [1.807, 2.05) is 0 Å². The van der Waals surface area contributed by atoms with Gasteiger partial charge in [-0.25, -0.2) is 34.7 Å². The van der Waals surface area contributed by atoms with E-state index in [0.29, 0.717) is 56.8 Å². The van der Waals surface area contributed by atoms with E-state index in [9.17, 15) is 44.0 Å². The van der Waals surface area contributed by atoms with Gasteiger partial charge in [-0.05, 0) is 98.9 Å². The van der Waals surface area contributed by atoms with Crippen LogP contribution in [0.15, 0.2) is 83.1 Å². The zero-order chi connectivity index (χ0) is 45.6. The molecule has 1 N–H and O–H groups in total. The lowest BCUT2D eigenvalue weighted by molar-refractivity contribution is 0.00156. The van der Waals surface area contributed by atoms with Crippen LogP contribution in [0.2, 0.25) is 0 Å². The molecule has 9 rings (SSSR count). The molecule has 64 heavy (non-hydrogen) atoms. The van der Waals surface area contributed by atoms with Crippen molar-refractivity contribution in [1.29, 1.82) is 0 Å². The van der Waals surface area contributed by atoms with Gasteiger partial charge in [0.15, 0.2) is 17.9 Å². The summed E-state index contributed by atoms with van der Waals surface area (Å²) in [5.41, 5.74) is 1.74. The van der Waals surface area contributed by atoms with Gasteiger partial charge in [-0.15, -0.1) is 0 Å². The Morgan fingerprint density at radius 3 is 1.58 bits per heavy atom. The third kappa shape index (κ3) is 9.52. The third-order valence-corrected chi connectivity index (χ3v) is 14.9. The normalized spacial score (nSPS) is 17.1. The fourth-order valence-electron chi connectivity index (χ4n) is 7.97. The number of halogens is 4. The number of hydrogen-bond donors (Lipinski definition) is 1. The fourth-order valence-corrected chi connectivity index (χ4v) is 10.4. The lowest BCUT2D eigenvalue weighted by atomic mass is 10.00. The topological polar surface area (TPSA) is 178 Å². The Kier molecular flexibility index (Phi) is 12.4. The van der Waals surface area contributed by atoms with Crippen molar-refractivity contribution in [2.24, 2.45) is 11.8 Å².